The van der Waals surface area contributed by atoms with Gasteiger partial charge in [0.15, 0.2) is 0 Å². The molecule has 3 aromatic carbocycles. The first-order chi connectivity index (χ1) is 15.0. The zero-order chi connectivity index (χ0) is 21.8. The second kappa shape index (κ2) is 9.31. The SMILES string of the molecule is COC1=C(Nc2cccc(C(NC(C)c3cc(F)cc(F)c3)c3ccccc3)c2)CC1. The maximum Gasteiger partial charge on any atom is 0.126 e. The van der Waals surface area contributed by atoms with Gasteiger partial charge in [0.1, 0.15) is 17.4 Å². The Bertz CT molecular complexity index is 1060. The molecule has 0 saturated carbocycles. The average molecular weight is 421 g/mol. The standard InChI is InChI=1S/C26H26F2N2O/c1-17(20-13-21(27)16-22(28)14-20)29-26(18-7-4-3-5-8-18)19-9-6-10-23(15-19)30-24-11-12-25(24)31-2/h3-10,13-17,26,29-30H,11-12H2,1-2H3. The van der Waals surface area contributed by atoms with Gasteiger partial charge >= 0.3 is 0 Å². The summed E-state index contributed by atoms with van der Waals surface area (Å²) >= 11 is 0. The van der Waals surface area contributed by atoms with Crippen LogP contribution in [0.2, 0.25) is 0 Å². The molecule has 4 rings (SSSR count). The van der Waals surface area contributed by atoms with E-state index in [1.54, 1.807) is 7.11 Å². The Kier molecular flexibility index (Phi) is 6.33. The first-order valence-corrected chi connectivity index (χ1v) is 10.4. The molecule has 0 radical (unpaired) electrons. The molecule has 2 atom stereocenters. The van der Waals surface area contributed by atoms with Crippen LogP contribution in [0, 0.1) is 11.6 Å². The number of ether oxygens (including phenoxy) is 1. The van der Waals surface area contributed by atoms with Crippen LogP contribution in [-0.2, 0) is 4.74 Å². The van der Waals surface area contributed by atoms with Gasteiger partial charge in [-0.2, -0.15) is 0 Å². The molecule has 5 heteroatoms. The van der Waals surface area contributed by atoms with Crippen molar-refractivity contribution in [1.29, 1.82) is 0 Å². The molecule has 0 fully saturated rings. The molecule has 0 bridgehead atoms. The zero-order valence-corrected chi connectivity index (χ0v) is 17.7. The summed E-state index contributed by atoms with van der Waals surface area (Å²) in [5, 5.41) is 7.00. The molecule has 0 heterocycles. The number of benzene rings is 3. The lowest BCUT2D eigenvalue weighted by Gasteiger charge is -2.26. The highest BCUT2D eigenvalue weighted by Gasteiger charge is 2.21. The van der Waals surface area contributed by atoms with Crippen LogP contribution in [0.1, 0.15) is 48.5 Å². The Labute approximate surface area is 181 Å². The molecule has 160 valence electrons. The van der Waals surface area contributed by atoms with Crippen molar-refractivity contribution in [3.63, 3.8) is 0 Å². The molecule has 0 aliphatic heterocycles. The fourth-order valence-corrected chi connectivity index (χ4v) is 3.88. The van der Waals surface area contributed by atoms with Crippen molar-refractivity contribution in [2.75, 3.05) is 12.4 Å². The van der Waals surface area contributed by atoms with Crippen molar-refractivity contribution in [3.8, 4) is 0 Å². The van der Waals surface area contributed by atoms with Crippen molar-refractivity contribution in [3.05, 3.63) is 113 Å². The topological polar surface area (TPSA) is 33.3 Å². The van der Waals surface area contributed by atoms with Gasteiger partial charge in [-0.15, -0.1) is 0 Å². The molecule has 31 heavy (non-hydrogen) atoms. The van der Waals surface area contributed by atoms with Crippen molar-refractivity contribution in [2.45, 2.75) is 31.8 Å². The van der Waals surface area contributed by atoms with Crippen LogP contribution in [0.4, 0.5) is 14.5 Å². The average Bonchev–Trinajstić information content (AvgIpc) is 2.75. The summed E-state index contributed by atoms with van der Waals surface area (Å²) in [6.07, 6.45) is 1.92. The quantitative estimate of drug-likeness (QED) is 0.438. The molecule has 0 saturated heterocycles. The lowest BCUT2D eigenvalue weighted by atomic mass is 9.96. The Balaban J connectivity index is 1.64. The van der Waals surface area contributed by atoms with E-state index >= 15 is 0 Å². The number of anilines is 1. The monoisotopic (exact) mass is 420 g/mol. The van der Waals surface area contributed by atoms with Gasteiger partial charge in [-0.05, 0) is 54.3 Å². The van der Waals surface area contributed by atoms with Crippen LogP contribution in [0.15, 0.2) is 84.3 Å². The van der Waals surface area contributed by atoms with Crippen molar-refractivity contribution < 1.29 is 13.5 Å². The lowest BCUT2D eigenvalue weighted by Crippen LogP contribution is -2.26. The number of hydrogen-bond donors (Lipinski definition) is 2. The number of allylic oxidation sites excluding steroid dienone is 2. The molecule has 3 aromatic rings. The predicted molar refractivity (Wildman–Crippen MR) is 120 cm³/mol. The largest absolute Gasteiger partial charge is 0.499 e. The fourth-order valence-electron chi connectivity index (χ4n) is 3.88. The molecule has 1 aliphatic carbocycles. The maximum atomic E-state index is 13.8. The van der Waals surface area contributed by atoms with Gasteiger partial charge in [0.2, 0.25) is 0 Å². The molecule has 1 aliphatic rings. The highest BCUT2D eigenvalue weighted by atomic mass is 19.1. The number of rotatable bonds is 8. The molecule has 3 nitrogen and oxygen atoms in total. The summed E-state index contributed by atoms with van der Waals surface area (Å²) in [7, 11) is 1.69. The first kappa shape index (κ1) is 21.1. The highest BCUT2D eigenvalue weighted by Crippen LogP contribution is 2.32. The normalized spacial score (nSPS) is 15.2. The van der Waals surface area contributed by atoms with E-state index in [0.29, 0.717) is 5.56 Å². The third-order valence-electron chi connectivity index (χ3n) is 5.63. The first-order valence-electron chi connectivity index (χ1n) is 10.4. The molecule has 0 amide bonds. The van der Waals surface area contributed by atoms with E-state index in [2.05, 4.69) is 22.8 Å². The summed E-state index contributed by atoms with van der Waals surface area (Å²) in [4.78, 5) is 0. The van der Waals surface area contributed by atoms with E-state index in [1.807, 2.05) is 49.4 Å². The van der Waals surface area contributed by atoms with E-state index in [-0.39, 0.29) is 12.1 Å². The Morgan fingerprint density at radius 1 is 0.806 bits per heavy atom. The van der Waals surface area contributed by atoms with Crippen molar-refractivity contribution in [2.24, 2.45) is 0 Å². The smallest absolute Gasteiger partial charge is 0.126 e. The number of hydrogen-bond acceptors (Lipinski definition) is 3. The van der Waals surface area contributed by atoms with Crippen LogP contribution in [-0.4, -0.2) is 7.11 Å². The fraction of sp³-hybridized carbons (Fsp3) is 0.231. The van der Waals surface area contributed by atoms with Crippen LogP contribution < -0.4 is 10.6 Å². The predicted octanol–water partition coefficient (Wildman–Crippen LogP) is 6.47. The van der Waals surface area contributed by atoms with E-state index in [0.717, 1.165) is 47.2 Å². The number of halogens is 2. The Morgan fingerprint density at radius 3 is 2.16 bits per heavy atom. The molecule has 0 spiro atoms. The van der Waals surface area contributed by atoms with Crippen molar-refractivity contribution in [1.82, 2.24) is 5.32 Å². The third-order valence-corrected chi connectivity index (χ3v) is 5.63. The van der Waals surface area contributed by atoms with Gasteiger partial charge < -0.3 is 10.1 Å². The van der Waals surface area contributed by atoms with E-state index in [9.17, 15) is 8.78 Å². The second-order valence-electron chi connectivity index (χ2n) is 7.79. The Hall–Kier alpha value is -3.18. The molecule has 2 N–H and O–H groups in total. The van der Waals surface area contributed by atoms with Gasteiger partial charge in [0.25, 0.3) is 0 Å². The molecule has 2 unspecified atom stereocenters. The highest BCUT2D eigenvalue weighted by molar-refractivity contribution is 5.53. The zero-order valence-electron chi connectivity index (χ0n) is 17.7. The summed E-state index contributed by atoms with van der Waals surface area (Å²) in [6, 6.07) is 21.5. The summed E-state index contributed by atoms with van der Waals surface area (Å²) in [6.45, 7) is 1.91. The van der Waals surface area contributed by atoms with Gasteiger partial charge in [0, 0.05) is 24.2 Å². The molecular formula is C26H26F2N2O. The Morgan fingerprint density at radius 2 is 1.52 bits per heavy atom. The second-order valence-corrected chi connectivity index (χ2v) is 7.79. The third kappa shape index (κ3) is 4.94. The van der Waals surface area contributed by atoms with Gasteiger partial charge in [-0.25, -0.2) is 8.78 Å². The molecule has 0 aromatic heterocycles. The summed E-state index contributed by atoms with van der Waals surface area (Å²) in [5.41, 5.74) is 4.78. The maximum absolute atomic E-state index is 13.8. The van der Waals surface area contributed by atoms with Crippen LogP contribution in [0.25, 0.3) is 0 Å². The minimum Gasteiger partial charge on any atom is -0.499 e. The lowest BCUT2D eigenvalue weighted by molar-refractivity contribution is 0.253. The van der Waals surface area contributed by atoms with E-state index in [4.69, 9.17) is 4.74 Å². The molecular weight excluding hydrogens is 394 g/mol. The van der Waals surface area contributed by atoms with Gasteiger partial charge in [-0.3, -0.25) is 5.32 Å². The summed E-state index contributed by atoms with van der Waals surface area (Å²) < 4.78 is 32.9. The van der Waals surface area contributed by atoms with E-state index < -0.39 is 11.6 Å². The van der Waals surface area contributed by atoms with Gasteiger partial charge in [-0.1, -0.05) is 42.5 Å². The summed E-state index contributed by atoms with van der Waals surface area (Å²) in [5.74, 6) is -0.160. The minimum absolute atomic E-state index is 0.151. The van der Waals surface area contributed by atoms with Crippen LogP contribution >= 0.6 is 0 Å². The number of nitrogens with one attached hydrogen (secondary N) is 2. The van der Waals surface area contributed by atoms with Crippen LogP contribution in [0.5, 0.6) is 0 Å². The minimum atomic E-state index is -0.575. The van der Waals surface area contributed by atoms with E-state index in [1.165, 1.54) is 12.1 Å². The van der Waals surface area contributed by atoms with Gasteiger partial charge in [0.05, 0.1) is 18.8 Å². The van der Waals surface area contributed by atoms with Crippen LogP contribution in [0.3, 0.4) is 0 Å². The number of methoxy groups -OCH3 is 1. The van der Waals surface area contributed by atoms with Crippen molar-refractivity contribution >= 4 is 5.69 Å².